The molecule has 8 nitrogen and oxygen atoms in total. The average Bonchev–Trinajstić information content (AvgIpc) is 2.83. The Labute approximate surface area is 222 Å². The largest absolute Gasteiger partial charge is 0.354 e. The Morgan fingerprint density at radius 2 is 1.61 bits per heavy atom. The molecule has 0 unspecified atom stereocenters. The van der Waals surface area contributed by atoms with Crippen molar-refractivity contribution in [3.63, 3.8) is 0 Å². The van der Waals surface area contributed by atoms with Crippen molar-refractivity contribution >= 4 is 50.9 Å². The van der Waals surface area contributed by atoms with Crippen LogP contribution < -0.4 is 9.62 Å². The van der Waals surface area contributed by atoms with Gasteiger partial charge in [-0.2, -0.15) is 12.7 Å². The average molecular weight is 562 g/mol. The van der Waals surface area contributed by atoms with Crippen molar-refractivity contribution in [2.24, 2.45) is 0 Å². The minimum Gasteiger partial charge on any atom is -0.354 e. The fraction of sp³-hybridized carbons (Fsp3) is 0.417. The van der Waals surface area contributed by atoms with E-state index in [1.807, 2.05) is 6.92 Å². The van der Waals surface area contributed by atoms with E-state index in [-0.39, 0.29) is 24.6 Å². The zero-order valence-electron chi connectivity index (χ0n) is 20.7. The molecule has 0 aromatic heterocycles. The number of carbonyl (C=O) groups excluding carboxylic acids is 2. The van der Waals surface area contributed by atoms with Gasteiger partial charge in [0, 0.05) is 42.8 Å². The Bertz CT molecular complexity index is 1140. The molecule has 0 spiro atoms. The zero-order valence-corrected chi connectivity index (χ0v) is 23.0. The van der Waals surface area contributed by atoms with Crippen LogP contribution in [0.25, 0.3) is 0 Å². The van der Waals surface area contributed by atoms with Gasteiger partial charge in [0.1, 0.15) is 18.4 Å². The Morgan fingerprint density at radius 3 is 2.11 bits per heavy atom. The highest BCUT2D eigenvalue weighted by molar-refractivity contribution is 7.90. The predicted octanol–water partition coefficient (Wildman–Crippen LogP) is 4.08. The van der Waals surface area contributed by atoms with E-state index in [0.717, 1.165) is 20.7 Å². The molecule has 0 radical (unpaired) electrons. The van der Waals surface area contributed by atoms with Gasteiger partial charge >= 0.3 is 10.2 Å². The van der Waals surface area contributed by atoms with E-state index >= 15 is 0 Å². The lowest BCUT2D eigenvalue weighted by molar-refractivity contribution is -0.140. The molecule has 0 aliphatic heterocycles. The molecule has 1 N–H and O–H groups in total. The maximum Gasteiger partial charge on any atom is 0.304 e. The van der Waals surface area contributed by atoms with Gasteiger partial charge in [0.2, 0.25) is 11.8 Å². The van der Waals surface area contributed by atoms with Crippen LogP contribution >= 0.6 is 23.2 Å². The summed E-state index contributed by atoms with van der Waals surface area (Å²) in [6.07, 6.45) is 0.965. The molecule has 1 atom stereocenters. The van der Waals surface area contributed by atoms with Crippen molar-refractivity contribution in [3.8, 4) is 0 Å². The number of carbonyl (C=O) groups is 2. The third-order valence-corrected chi connectivity index (χ3v) is 7.99. The van der Waals surface area contributed by atoms with E-state index in [0.29, 0.717) is 28.6 Å². The zero-order chi connectivity index (χ0) is 27.0. The number of hydrogen-bond acceptors (Lipinski definition) is 4. The first-order chi connectivity index (χ1) is 16.9. The summed E-state index contributed by atoms with van der Waals surface area (Å²) < 4.78 is 41.6. The van der Waals surface area contributed by atoms with E-state index in [2.05, 4.69) is 5.32 Å². The molecule has 0 aliphatic rings. The number of benzene rings is 2. The van der Waals surface area contributed by atoms with Gasteiger partial charge in [0.25, 0.3) is 0 Å². The maximum absolute atomic E-state index is 13.7. The van der Waals surface area contributed by atoms with Crippen LogP contribution in [0.3, 0.4) is 0 Å². The molecule has 2 aromatic carbocycles. The second-order valence-corrected chi connectivity index (χ2v) is 11.1. The van der Waals surface area contributed by atoms with Crippen molar-refractivity contribution in [2.45, 2.75) is 39.3 Å². The first kappa shape index (κ1) is 29.8. The van der Waals surface area contributed by atoms with E-state index in [1.54, 1.807) is 25.1 Å². The van der Waals surface area contributed by atoms with Gasteiger partial charge in [-0.05, 0) is 49.2 Å². The van der Waals surface area contributed by atoms with Gasteiger partial charge in [-0.15, -0.1) is 0 Å². The topological polar surface area (TPSA) is 90.0 Å². The van der Waals surface area contributed by atoms with Crippen LogP contribution in [0, 0.1) is 5.82 Å². The second-order valence-electron chi connectivity index (χ2n) is 8.21. The van der Waals surface area contributed by atoms with E-state index in [9.17, 15) is 22.4 Å². The van der Waals surface area contributed by atoms with Crippen molar-refractivity contribution in [3.05, 3.63) is 63.9 Å². The lowest BCUT2D eigenvalue weighted by Gasteiger charge is -2.34. The van der Waals surface area contributed by atoms with Crippen molar-refractivity contribution in [1.82, 2.24) is 14.5 Å². The van der Waals surface area contributed by atoms with Crippen LogP contribution in [0.5, 0.6) is 0 Å². The number of nitrogens with one attached hydrogen (secondary N) is 1. The Morgan fingerprint density at radius 1 is 1.03 bits per heavy atom. The van der Waals surface area contributed by atoms with Crippen LogP contribution in [-0.4, -0.2) is 62.7 Å². The van der Waals surface area contributed by atoms with Crippen molar-refractivity contribution in [1.29, 1.82) is 0 Å². The SMILES string of the molecule is CCCNC(=O)[C@@H](CC)N(Cc1c(Cl)cccc1Cl)C(=O)CN(c1ccc(F)cc1)S(=O)(=O)N(C)C. The molecular formula is C24H31Cl2FN4O4S. The molecule has 0 fully saturated rings. The quantitative estimate of drug-likeness (QED) is 0.423. The molecule has 0 bridgehead atoms. The van der Waals surface area contributed by atoms with Gasteiger partial charge in [-0.25, -0.2) is 8.70 Å². The summed E-state index contributed by atoms with van der Waals surface area (Å²) in [7, 11) is -1.50. The number of anilines is 1. The lowest BCUT2D eigenvalue weighted by atomic mass is 10.1. The molecule has 198 valence electrons. The van der Waals surface area contributed by atoms with Crippen LogP contribution in [-0.2, 0) is 26.3 Å². The highest BCUT2D eigenvalue weighted by Gasteiger charge is 2.34. The molecular weight excluding hydrogens is 530 g/mol. The standard InChI is InChI=1S/C24H31Cl2FN4O4S/c1-5-14-28-24(33)22(6-2)30(15-19-20(25)8-7-9-21(19)26)23(32)16-31(36(34,35)29(3)4)18-12-10-17(27)11-13-18/h7-13,22H,5-6,14-16H2,1-4H3,(H,28,33)/t22-/m1/s1. The number of amides is 2. The first-order valence-electron chi connectivity index (χ1n) is 11.4. The molecule has 0 saturated heterocycles. The minimum absolute atomic E-state index is 0.0951. The van der Waals surface area contributed by atoms with Gasteiger partial charge in [0.15, 0.2) is 0 Å². The Kier molecular flexibility index (Phi) is 11.0. The first-order valence-corrected chi connectivity index (χ1v) is 13.5. The van der Waals surface area contributed by atoms with Gasteiger partial charge in [-0.1, -0.05) is 43.1 Å². The second kappa shape index (κ2) is 13.2. The van der Waals surface area contributed by atoms with Gasteiger partial charge < -0.3 is 10.2 Å². The number of halogens is 3. The Balaban J connectivity index is 2.54. The molecule has 36 heavy (non-hydrogen) atoms. The number of hydrogen-bond donors (Lipinski definition) is 1. The summed E-state index contributed by atoms with van der Waals surface area (Å²) in [6, 6.07) is 8.72. The van der Waals surface area contributed by atoms with E-state index in [1.165, 1.54) is 31.1 Å². The normalized spacial score (nSPS) is 12.3. The molecule has 2 amide bonds. The maximum atomic E-state index is 13.7. The fourth-order valence-corrected chi connectivity index (χ4v) is 5.04. The minimum atomic E-state index is -4.15. The monoisotopic (exact) mass is 560 g/mol. The lowest BCUT2D eigenvalue weighted by Crippen LogP contribution is -2.53. The van der Waals surface area contributed by atoms with Gasteiger partial charge in [-0.3, -0.25) is 9.59 Å². The molecule has 2 rings (SSSR count). The fourth-order valence-electron chi connectivity index (χ4n) is 3.46. The number of rotatable bonds is 12. The highest BCUT2D eigenvalue weighted by Crippen LogP contribution is 2.28. The van der Waals surface area contributed by atoms with Gasteiger partial charge in [0.05, 0.1) is 5.69 Å². The van der Waals surface area contributed by atoms with Crippen LogP contribution in [0.1, 0.15) is 32.3 Å². The summed E-state index contributed by atoms with van der Waals surface area (Å²) in [5.74, 6) is -1.58. The summed E-state index contributed by atoms with van der Waals surface area (Å²) in [6.45, 7) is 3.32. The molecule has 0 heterocycles. The Hall–Kier alpha value is -2.40. The third kappa shape index (κ3) is 7.32. The molecule has 0 saturated carbocycles. The van der Waals surface area contributed by atoms with Crippen molar-refractivity contribution < 1.29 is 22.4 Å². The number of nitrogens with zero attached hydrogens (tertiary/aromatic N) is 3. The summed E-state index contributed by atoms with van der Waals surface area (Å²) >= 11 is 12.7. The van der Waals surface area contributed by atoms with Crippen LogP contribution in [0.15, 0.2) is 42.5 Å². The van der Waals surface area contributed by atoms with Crippen LogP contribution in [0.2, 0.25) is 10.0 Å². The summed E-state index contributed by atoms with van der Waals surface area (Å²) in [5, 5.41) is 3.40. The van der Waals surface area contributed by atoms with E-state index in [4.69, 9.17) is 23.2 Å². The van der Waals surface area contributed by atoms with E-state index < -0.39 is 34.5 Å². The summed E-state index contributed by atoms with van der Waals surface area (Å²) in [5.41, 5.74) is 0.525. The highest BCUT2D eigenvalue weighted by atomic mass is 35.5. The molecule has 0 aliphatic carbocycles. The predicted molar refractivity (Wildman–Crippen MR) is 141 cm³/mol. The summed E-state index contributed by atoms with van der Waals surface area (Å²) in [4.78, 5) is 28.0. The van der Waals surface area contributed by atoms with Crippen molar-refractivity contribution in [2.75, 3.05) is 31.5 Å². The van der Waals surface area contributed by atoms with Crippen LogP contribution in [0.4, 0.5) is 10.1 Å². The molecule has 2 aromatic rings. The smallest absolute Gasteiger partial charge is 0.304 e. The third-order valence-electron chi connectivity index (χ3n) is 5.46. The molecule has 12 heteroatoms.